The Hall–Kier alpha value is -2.29. The average Bonchev–Trinajstić information content (AvgIpc) is 2.51. The second-order valence-electron chi connectivity index (χ2n) is 4.96. The van der Waals surface area contributed by atoms with Crippen molar-refractivity contribution in [2.75, 3.05) is 12.0 Å². The van der Waals surface area contributed by atoms with E-state index in [1.807, 2.05) is 42.5 Å². The molecule has 3 heteroatoms. The Bertz CT molecular complexity index is 579. The minimum atomic E-state index is 0.764. The highest BCUT2D eigenvalue weighted by Crippen LogP contribution is 2.19. The number of hydrazone groups is 1. The van der Waals surface area contributed by atoms with Gasteiger partial charge in [0, 0.05) is 0 Å². The first-order chi connectivity index (χ1) is 10.3. The molecule has 0 aromatic heterocycles. The molecule has 0 radical (unpaired) electrons. The molecular weight excluding hydrogens is 260 g/mol. The van der Waals surface area contributed by atoms with Crippen LogP contribution >= 0.6 is 0 Å². The minimum Gasteiger partial charge on any atom is -0.493 e. The van der Waals surface area contributed by atoms with Crippen molar-refractivity contribution < 1.29 is 4.74 Å². The summed E-state index contributed by atoms with van der Waals surface area (Å²) in [6.07, 6.45) is 4.02. The summed E-state index contributed by atoms with van der Waals surface area (Å²) in [6, 6.07) is 16.0. The number of hydrogen-bond donors (Lipinski definition) is 1. The number of ether oxygens (including phenoxy) is 1. The Labute approximate surface area is 126 Å². The van der Waals surface area contributed by atoms with Gasteiger partial charge in [0.05, 0.1) is 18.5 Å². The van der Waals surface area contributed by atoms with Gasteiger partial charge in [0.1, 0.15) is 5.75 Å². The van der Waals surface area contributed by atoms with Crippen molar-refractivity contribution >= 4 is 11.9 Å². The molecule has 21 heavy (non-hydrogen) atoms. The van der Waals surface area contributed by atoms with E-state index in [9.17, 15) is 0 Å². The van der Waals surface area contributed by atoms with Crippen LogP contribution in [0.4, 0.5) is 5.69 Å². The maximum Gasteiger partial charge on any atom is 0.122 e. The molecular formula is C18H22N2O. The molecule has 110 valence electrons. The molecule has 2 rings (SSSR count). The molecule has 0 bridgehead atoms. The predicted octanol–water partition coefficient (Wildman–Crippen LogP) is 4.62. The number of unbranched alkanes of at least 4 members (excludes halogenated alkanes) is 1. The number of anilines is 1. The zero-order valence-electron chi connectivity index (χ0n) is 12.7. The highest BCUT2D eigenvalue weighted by atomic mass is 16.5. The van der Waals surface area contributed by atoms with E-state index >= 15 is 0 Å². The van der Waals surface area contributed by atoms with Crippen LogP contribution in [-0.2, 0) is 0 Å². The van der Waals surface area contributed by atoms with Crippen LogP contribution in [0.2, 0.25) is 0 Å². The summed E-state index contributed by atoms with van der Waals surface area (Å²) in [6.45, 7) is 4.99. The summed E-state index contributed by atoms with van der Waals surface area (Å²) >= 11 is 0. The summed E-state index contributed by atoms with van der Waals surface area (Å²) in [4.78, 5) is 0. The maximum atomic E-state index is 5.80. The molecule has 0 aliphatic rings. The number of aryl methyl sites for hydroxylation is 1. The quantitative estimate of drug-likeness (QED) is 0.456. The molecule has 0 unspecified atom stereocenters. The lowest BCUT2D eigenvalue weighted by Crippen LogP contribution is -1.99. The summed E-state index contributed by atoms with van der Waals surface area (Å²) in [7, 11) is 0. The summed E-state index contributed by atoms with van der Waals surface area (Å²) in [5.41, 5.74) is 6.16. The third kappa shape index (κ3) is 4.95. The average molecular weight is 282 g/mol. The largest absolute Gasteiger partial charge is 0.493 e. The smallest absolute Gasteiger partial charge is 0.122 e. The van der Waals surface area contributed by atoms with Gasteiger partial charge in [-0.3, -0.25) is 5.43 Å². The summed E-state index contributed by atoms with van der Waals surface area (Å²) in [5, 5.41) is 4.25. The lowest BCUT2D eigenvalue weighted by Gasteiger charge is -2.09. The summed E-state index contributed by atoms with van der Waals surface area (Å²) < 4.78 is 5.80. The van der Waals surface area contributed by atoms with Crippen LogP contribution < -0.4 is 10.2 Å². The molecule has 0 aliphatic carbocycles. The van der Waals surface area contributed by atoms with Crippen molar-refractivity contribution in [3.05, 3.63) is 59.7 Å². The van der Waals surface area contributed by atoms with Gasteiger partial charge in [-0.2, -0.15) is 5.10 Å². The fourth-order valence-electron chi connectivity index (χ4n) is 1.87. The standard InChI is InChI=1S/C18H22N2O/c1-3-4-12-21-18-13-16(11-10-15(18)2)14-19-20-17-8-6-5-7-9-17/h5-11,13-14,20H,3-4,12H2,1-2H3. The second kappa shape index (κ2) is 8.10. The van der Waals surface area contributed by atoms with E-state index in [4.69, 9.17) is 4.74 Å². The fourth-order valence-corrected chi connectivity index (χ4v) is 1.87. The van der Waals surface area contributed by atoms with Gasteiger partial charge in [-0.1, -0.05) is 43.7 Å². The number of para-hydroxylation sites is 1. The summed E-state index contributed by atoms with van der Waals surface area (Å²) in [5.74, 6) is 0.937. The number of nitrogens with zero attached hydrogens (tertiary/aromatic N) is 1. The Morgan fingerprint density at radius 3 is 2.71 bits per heavy atom. The lowest BCUT2D eigenvalue weighted by molar-refractivity contribution is 0.307. The molecule has 2 aromatic rings. The van der Waals surface area contributed by atoms with Crippen molar-refractivity contribution in [3.8, 4) is 5.75 Å². The first-order valence-electron chi connectivity index (χ1n) is 7.37. The Kier molecular flexibility index (Phi) is 5.83. The van der Waals surface area contributed by atoms with Gasteiger partial charge in [0.25, 0.3) is 0 Å². The van der Waals surface area contributed by atoms with Crippen LogP contribution in [0.15, 0.2) is 53.6 Å². The number of hydrogen-bond acceptors (Lipinski definition) is 3. The number of benzene rings is 2. The molecule has 0 atom stereocenters. The van der Waals surface area contributed by atoms with E-state index in [1.54, 1.807) is 6.21 Å². The minimum absolute atomic E-state index is 0.764. The first-order valence-corrected chi connectivity index (χ1v) is 7.37. The van der Waals surface area contributed by atoms with Crippen molar-refractivity contribution in [2.24, 2.45) is 5.10 Å². The van der Waals surface area contributed by atoms with Crippen molar-refractivity contribution in [3.63, 3.8) is 0 Å². The van der Waals surface area contributed by atoms with E-state index in [0.717, 1.165) is 42.0 Å². The van der Waals surface area contributed by atoms with Crippen molar-refractivity contribution in [1.29, 1.82) is 0 Å². The molecule has 2 aromatic carbocycles. The SMILES string of the molecule is CCCCOc1cc(C=NNc2ccccc2)ccc1C. The van der Waals surface area contributed by atoms with Crippen LogP contribution in [0, 0.1) is 6.92 Å². The molecule has 0 aliphatic heterocycles. The highest BCUT2D eigenvalue weighted by molar-refractivity contribution is 5.81. The van der Waals surface area contributed by atoms with Gasteiger partial charge < -0.3 is 4.74 Å². The van der Waals surface area contributed by atoms with Crippen LogP contribution in [0.3, 0.4) is 0 Å². The predicted molar refractivity (Wildman–Crippen MR) is 89.2 cm³/mol. The highest BCUT2D eigenvalue weighted by Gasteiger charge is 2.00. The van der Waals surface area contributed by atoms with Gasteiger partial charge in [0.2, 0.25) is 0 Å². The Balaban J connectivity index is 1.98. The first kappa shape index (κ1) is 15.1. The van der Waals surface area contributed by atoms with Gasteiger partial charge in [-0.25, -0.2) is 0 Å². The molecule has 0 saturated carbocycles. The van der Waals surface area contributed by atoms with Crippen molar-refractivity contribution in [1.82, 2.24) is 0 Å². The molecule has 1 N–H and O–H groups in total. The normalized spacial score (nSPS) is 10.8. The van der Waals surface area contributed by atoms with E-state index < -0.39 is 0 Å². The fraction of sp³-hybridized carbons (Fsp3) is 0.278. The van der Waals surface area contributed by atoms with Crippen LogP contribution in [0.25, 0.3) is 0 Å². The Morgan fingerprint density at radius 2 is 1.95 bits per heavy atom. The van der Waals surface area contributed by atoms with Gasteiger partial charge in [-0.15, -0.1) is 0 Å². The van der Waals surface area contributed by atoms with Crippen LogP contribution in [-0.4, -0.2) is 12.8 Å². The van der Waals surface area contributed by atoms with Gasteiger partial charge >= 0.3 is 0 Å². The molecule has 0 heterocycles. The van der Waals surface area contributed by atoms with E-state index in [-0.39, 0.29) is 0 Å². The molecule has 3 nitrogen and oxygen atoms in total. The van der Waals surface area contributed by atoms with E-state index in [0.29, 0.717) is 0 Å². The number of nitrogens with one attached hydrogen (secondary N) is 1. The van der Waals surface area contributed by atoms with Crippen LogP contribution in [0.1, 0.15) is 30.9 Å². The van der Waals surface area contributed by atoms with Gasteiger partial charge in [-0.05, 0) is 42.7 Å². The zero-order chi connectivity index (χ0) is 14.9. The third-order valence-electron chi connectivity index (χ3n) is 3.15. The van der Waals surface area contributed by atoms with E-state index in [2.05, 4.69) is 30.4 Å². The molecule has 0 amide bonds. The van der Waals surface area contributed by atoms with Crippen LogP contribution in [0.5, 0.6) is 5.75 Å². The second-order valence-corrected chi connectivity index (χ2v) is 4.96. The lowest BCUT2D eigenvalue weighted by atomic mass is 10.1. The maximum absolute atomic E-state index is 5.80. The third-order valence-corrected chi connectivity index (χ3v) is 3.15. The van der Waals surface area contributed by atoms with Crippen molar-refractivity contribution in [2.45, 2.75) is 26.7 Å². The van der Waals surface area contributed by atoms with E-state index in [1.165, 1.54) is 0 Å². The topological polar surface area (TPSA) is 33.6 Å². The Morgan fingerprint density at radius 1 is 1.14 bits per heavy atom. The zero-order valence-corrected chi connectivity index (χ0v) is 12.7. The molecule has 0 saturated heterocycles. The molecule has 0 spiro atoms. The number of rotatable bonds is 7. The molecule has 0 fully saturated rings. The monoisotopic (exact) mass is 282 g/mol. The van der Waals surface area contributed by atoms with Gasteiger partial charge in [0.15, 0.2) is 0 Å².